The van der Waals surface area contributed by atoms with Gasteiger partial charge in [-0.2, -0.15) is 0 Å². The van der Waals surface area contributed by atoms with Gasteiger partial charge in [0, 0.05) is 49.4 Å². The molecular formula is C22H21N3O4. The van der Waals surface area contributed by atoms with Crippen molar-refractivity contribution in [1.82, 2.24) is 4.90 Å². The summed E-state index contributed by atoms with van der Waals surface area (Å²) >= 11 is 0. The molecule has 0 N–H and O–H groups in total. The lowest BCUT2D eigenvalue weighted by atomic mass is 10.0. The van der Waals surface area contributed by atoms with Crippen LogP contribution in [0, 0.1) is 10.1 Å². The van der Waals surface area contributed by atoms with Crippen molar-refractivity contribution in [3.05, 3.63) is 76.3 Å². The molecule has 0 spiro atoms. The van der Waals surface area contributed by atoms with Gasteiger partial charge < -0.3 is 14.5 Å². The number of carbonyl (C=O) groups excluding carboxylic acids is 1. The predicted octanol–water partition coefficient (Wildman–Crippen LogP) is 3.72. The number of nitrogens with zero attached hydrogens (tertiary/aromatic N) is 3. The van der Waals surface area contributed by atoms with Crippen molar-refractivity contribution in [3.63, 3.8) is 0 Å². The van der Waals surface area contributed by atoms with Crippen LogP contribution in [-0.2, 0) is 0 Å². The Morgan fingerprint density at radius 3 is 2.31 bits per heavy atom. The Bertz CT molecular complexity index is 1060. The minimum absolute atomic E-state index is 0.0454. The summed E-state index contributed by atoms with van der Waals surface area (Å²) in [5.41, 5.74) is 1.56. The van der Waals surface area contributed by atoms with Gasteiger partial charge in [-0.1, -0.05) is 30.3 Å². The number of nitro groups is 1. The van der Waals surface area contributed by atoms with Crippen LogP contribution < -0.4 is 9.64 Å². The molecule has 29 heavy (non-hydrogen) atoms. The molecule has 7 heteroatoms. The van der Waals surface area contributed by atoms with Crippen LogP contribution in [0.2, 0.25) is 0 Å². The number of benzene rings is 3. The number of amides is 1. The van der Waals surface area contributed by atoms with E-state index in [1.54, 1.807) is 19.2 Å². The third-order valence-electron chi connectivity index (χ3n) is 5.31. The van der Waals surface area contributed by atoms with Gasteiger partial charge in [0.15, 0.2) is 0 Å². The normalized spacial score (nSPS) is 14.1. The smallest absolute Gasteiger partial charge is 0.269 e. The average molecular weight is 391 g/mol. The minimum Gasteiger partial charge on any atom is -0.495 e. The van der Waals surface area contributed by atoms with Gasteiger partial charge in [0.2, 0.25) is 0 Å². The summed E-state index contributed by atoms with van der Waals surface area (Å²) in [5.74, 6) is 0.557. The highest BCUT2D eigenvalue weighted by molar-refractivity contribution is 6.03. The number of piperazine rings is 1. The number of methoxy groups -OCH3 is 1. The molecule has 0 saturated carbocycles. The Kier molecular flexibility index (Phi) is 5.03. The number of fused-ring (bicyclic) bond motifs is 1. The van der Waals surface area contributed by atoms with E-state index in [9.17, 15) is 14.9 Å². The second-order valence-corrected chi connectivity index (χ2v) is 6.92. The number of nitro benzene ring substituents is 1. The van der Waals surface area contributed by atoms with E-state index in [0.717, 1.165) is 16.5 Å². The largest absolute Gasteiger partial charge is 0.495 e. The zero-order valence-electron chi connectivity index (χ0n) is 16.1. The monoisotopic (exact) mass is 391 g/mol. The number of hydrogen-bond acceptors (Lipinski definition) is 5. The molecule has 0 atom stereocenters. The van der Waals surface area contributed by atoms with Crippen LogP contribution in [0.3, 0.4) is 0 Å². The first kappa shape index (κ1) is 18.7. The van der Waals surface area contributed by atoms with Crippen molar-refractivity contribution < 1.29 is 14.5 Å². The lowest BCUT2D eigenvalue weighted by Gasteiger charge is -2.36. The van der Waals surface area contributed by atoms with Gasteiger partial charge in [-0.15, -0.1) is 0 Å². The first-order chi connectivity index (χ1) is 14.1. The molecule has 0 unspecified atom stereocenters. The van der Waals surface area contributed by atoms with Gasteiger partial charge in [-0.05, 0) is 23.6 Å². The van der Waals surface area contributed by atoms with Gasteiger partial charge >= 0.3 is 0 Å². The number of rotatable bonds is 4. The molecule has 0 radical (unpaired) electrons. The molecule has 0 bridgehead atoms. The third kappa shape index (κ3) is 3.59. The summed E-state index contributed by atoms with van der Waals surface area (Å²) in [6, 6.07) is 18.1. The van der Waals surface area contributed by atoms with Crippen molar-refractivity contribution in [3.8, 4) is 5.75 Å². The van der Waals surface area contributed by atoms with Crippen molar-refractivity contribution in [2.75, 3.05) is 38.2 Å². The number of non-ortho nitro benzene ring substituents is 1. The van der Waals surface area contributed by atoms with E-state index in [1.165, 1.54) is 12.1 Å². The Balaban J connectivity index is 1.49. The van der Waals surface area contributed by atoms with Crippen LogP contribution >= 0.6 is 0 Å². The second kappa shape index (κ2) is 7.79. The van der Waals surface area contributed by atoms with Gasteiger partial charge in [-0.25, -0.2) is 0 Å². The van der Waals surface area contributed by atoms with Crippen molar-refractivity contribution in [2.24, 2.45) is 0 Å². The number of anilines is 1. The molecule has 1 amide bonds. The fourth-order valence-electron chi connectivity index (χ4n) is 3.75. The molecule has 1 saturated heterocycles. The minimum atomic E-state index is -0.405. The molecule has 3 aromatic carbocycles. The predicted molar refractivity (Wildman–Crippen MR) is 112 cm³/mol. The van der Waals surface area contributed by atoms with Crippen LogP contribution in [0.4, 0.5) is 11.4 Å². The van der Waals surface area contributed by atoms with Crippen molar-refractivity contribution in [2.45, 2.75) is 0 Å². The maximum absolute atomic E-state index is 13.1. The summed E-state index contributed by atoms with van der Waals surface area (Å²) in [7, 11) is 1.59. The maximum atomic E-state index is 13.1. The van der Waals surface area contributed by atoms with E-state index < -0.39 is 4.92 Å². The van der Waals surface area contributed by atoms with Crippen LogP contribution in [0.25, 0.3) is 10.8 Å². The summed E-state index contributed by atoms with van der Waals surface area (Å²) < 4.78 is 5.58. The first-order valence-corrected chi connectivity index (χ1v) is 9.43. The SMILES string of the molecule is COc1c(C(=O)N2CCN(c3ccc([N+](=O)[O-])cc3)CC2)ccc2ccccc12. The van der Waals surface area contributed by atoms with Crippen molar-refractivity contribution in [1.29, 1.82) is 0 Å². The average Bonchev–Trinajstić information content (AvgIpc) is 2.78. The molecule has 0 aliphatic carbocycles. The molecule has 0 aromatic heterocycles. The van der Waals surface area contributed by atoms with E-state index in [4.69, 9.17) is 4.74 Å². The van der Waals surface area contributed by atoms with E-state index >= 15 is 0 Å². The Labute approximate surface area is 168 Å². The van der Waals surface area contributed by atoms with Crippen LogP contribution in [0.5, 0.6) is 5.75 Å². The zero-order chi connectivity index (χ0) is 20.4. The first-order valence-electron chi connectivity index (χ1n) is 9.43. The highest BCUT2D eigenvalue weighted by Crippen LogP contribution is 2.31. The molecule has 1 fully saturated rings. The molecule has 3 aromatic rings. The molecule has 1 aliphatic heterocycles. The van der Waals surface area contributed by atoms with Crippen LogP contribution in [-0.4, -0.2) is 49.0 Å². The van der Waals surface area contributed by atoms with Gasteiger partial charge in [0.05, 0.1) is 17.6 Å². The summed E-state index contributed by atoms with van der Waals surface area (Å²) in [5, 5.41) is 12.8. The van der Waals surface area contributed by atoms with Gasteiger partial charge in [0.25, 0.3) is 11.6 Å². The van der Waals surface area contributed by atoms with E-state index in [0.29, 0.717) is 37.5 Å². The third-order valence-corrected chi connectivity index (χ3v) is 5.31. The number of ether oxygens (including phenoxy) is 1. The number of hydrogen-bond donors (Lipinski definition) is 0. The van der Waals surface area contributed by atoms with Crippen LogP contribution in [0.1, 0.15) is 10.4 Å². The second-order valence-electron chi connectivity index (χ2n) is 6.92. The summed E-state index contributed by atoms with van der Waals surface area (Å²) in [6.07, 6.45) is 0. The molecule has 7 nitrogen and oxygen atoms in total. The fraction of sp³-hybridized carbons (Fsp3) is 0.227. The zero-order valence-corrected chi connectivity index (χ0v) is 16.1. The van der Waals surface area contributed by atoms with E-state index in [1.807, 2.05) is 41.3 Å². The molecular weight excluding hydrogens is 370 g/mol. The van der Waals surface area contributed by atoms with Gasteiger partial charge in [0.1, 0.15) is 5.75 Å². The Morgan fingerprint density at radius 2 is 1.66 bits per heavy atom. The standard InChI is InChI=1S/C22H21N3O4/c1-29-21-19-5-3-2-4-16(19)6-11-20(21)22(26)24-14-12-23(13-15-24)17-7-9-18(10-8-17)25(27)28/h2-11H,12-15H2,1H3. The van der Waals surface area contributed by atoms with E-state index in [2.05, 4.69) is 4.90 Å². The van der Waals surface area contributed by atoms with Crippen molar-refractivity contribution >= 4 is 28.1 Å². The lowest BCUT2D eigenvalue weighted by molar-refractivity contribution is -0.384. The molecule has 148 valence electrons. The molecule has 4 rings (SSSR count). The fourth-order valence-corrected chi connectivity index (χ4v) is 3.75. The highest BCUT2D eigenvalue weighted by atomic mass is 16.6. The van der Waals surface area contributed by atoms with E-state index in [-0.39, 0.29) is 11.6 Å². The highest BCUT2D eigenvalue weighted by Gasteiger charge is 2.25. The quantitative estimate of drug-likeness (QED) is 0.500. The topological polar surface area (TPSA) is 75.9 Å². The molecule has 1 aliphatic rings. The molecule has 1 heterocycles. The summed E-state index contributed by atoms with van der Waals surface area (Å²) in [6.45, 7) is 2.48. The van der Waals surface area contributed by atoms with Gasteiger partial charge in [-0.3, -0.25) is 14.9 Å². The summed E-state index contributed by atoms with van der Waals surface area (Å²) in [4.78, 5) is 27.5. The maximum Gasteiger partial charge on any atom is 0.269 e. The Morgan fingerprint density at radius 1 is 0.966 bits per heavy atom. The Hall–Kier alpha value is -3.61. The van der Waals surface area contributed by atoms with Crippen LogP contribution in [0.15, 0.2) is 60.7 Å². The number of carbonyl (C=O) groups is 1. The lowest BCUT2D eigenvalue weighted by Crippen LogP contribution is -2.48.